The second-order valence-electron chi connectivity index (χ2n) is 8.17. The molecule has 33 heavy (non-hydrogen) atoms. The minimum atomic E-state index is -0.119. The van der Waals surface area contributed by atoms with Crippen molar-refractivity contribution in [1.82, 2.24) is 15.2 Å². The number of halogens is 1. The Morgan fingerprint density at radius 3 is 2.85 bits per heavy atom. The third kappa shape index (κ3) is 5.49. The summed E-state index contributed by atoms with van der Waals surface area (Å²) in [7, 11) is 3.31. The molecule has 174 valence electrons. The molecule has 1 aliphatic rings. The fourth-order valence-electron chi connectivity index (χ4n) is 4.12. The number of nitrogens with one attached hydrogen (secondary N) is 1. The lowest BCUT2D eigenvalue weighted by Crippen LogP contribution is -2.23. The molecule has 0 spiro atoms. The zero-order valence-corrected chi connectivity index (χ0v) is 20.6. The van der Waals surface area contributed by atoms with Crippen molar-refractivity contribution in [2.75, 3.05) is 27.3 Å². The Hall–Kier alpha value is -2.61. The first-order valence-electron chi connectivity index (χ1n) is 10.9. The van der Waals surface area contributed by atoms with Crippen LogP contribution in [0.1, 0.15) is 43.7 Å². The lowest BCUT2D eigenvalue weighted by atomic mass is 10.1. The number of thiazole rings is 1. The van der Waals surface area contributed by atoms with Crippen LogP contribution >= 0.6 is 22.9 Å². The summed E-state index contributed by atoms with van der Waals surface area (Å²) in [5.41, 5.74) is 2.60. The molecule has 1 unspecified atom stereocenters. The third-order valence-corrected chi connectivity index (χ3v) is 7.55. The maximum absolute atomic E-state index is 12.5. The van der Waals surface area contributed by atoms with Gasteiger partial charge in [-0.15, -0.1) is 11.3 Å². The van der Waals surface area contributed by atoms with Crippen LogP contribution in [0.2, 0.25) is 5.02 Å². The summed E-state index contributed by atoms with van der Waals surface area (Å²) in [4.78, 5) is 20.7. The number of nitrogens with zero attached hydrogens (tertiary/aromatic N) is 2. The number of ether oxygens (including phenoxy) is 2. The molecule has 1 aliphatic heterocycles. The van der Waals surface area contributed by atoms with E-state index in [1.165, 1.54) is 5.56 Å². The van der Waals surface area contributed by atoms with Gasteiger partial charge in [0.25, 0.3) is 5.91 Å². The van der Waals surface area contributed by atoms with Gasteiger partial charge in [0.2, 0.25) is 0 Å². The topological polar surface area (TPSA) is 63.7 Å². The molecule has 2 aromatic carbocycles. The highest BCUT2D eigenvalue weighted by Crippen LogP contribution is 2.33. The number of amides is 1. The summed E-state index contributed by atoms with van der Waals surface area (Å²) in [5, 5.41) is 4.72. The van der Waals surface area contributed by atoms with Gasteiger partial charge >= 0.3 is 0 Å². The molecule has 4 rings (SSSR count). The number of hydrogen-bond acceptors (Lipinski definition) is 6. The molecule has 1 amide bonds. The highest BCUT2D eigenvalue weighted by atomic mass is 35.5. The summed E-state index contributed by atoms with van der Waals surface area (Å²) in [5.74, 6) is 1.79. The molecular formula is C25H28ClN3O3S. The summed E-state index contributed by atoms with van der Waals surface area (Å²) in [6.45, 7) is 5.18. The molecule has 1 N–H and O–H groups in total. The quantitative estimate of drug-likeness (QED) is 0.484. The van der Waals surface area contributed by atoms with Gasteiger partial charge in [0.05, 0.1) is 25.8 Å². The molecule has 1 saturated heterocycles. The number of likely N-dealkylation sites (tertiary alicyclic amines) is 1. The van der Waals surface area contributed by atoms with E-state index in [4.69, 9.17) is 21.1 Å². The van der Waals surface area contributed by atoms with Crippen molar-refractivity contribution in [3.8, 4) is 11.5 Å². The molecule has 1 aromatic heterocycles. The van der Waals surface area contributed by atoms with Crippen molar-refractivity contribution in [1.29, 1.82) is 0 Å². The number of rotatable bonds is 8. The molecule has 1 fully saturated rings. The fraction of sp³-hybridized carbons (Fsp3) is 0.360. The Bertz CT molecular complexity index is 1130. The first kappa shape index (κ1) is 23.5. The van der Waals surface area contributed by atoms with Gasteiger partial charge in [0.15, 0.2) is 11.5 Å². The van der Waals surface area contributed by atoms with E-state index in [2.05, 4.69) is 21.3 Å². The van der Waals surface area contributed by atoms with Gasteiger partial charge < -0.3 is 14.8 Å². The van der Waals surface area contributed by atoms with Crippen molar-refractivity contribution in [2.24, 2.45) is 0 Å². The van der Waals surface area contributed by atoms with Crippen LogP contribution in [0.15, 0.2) is 42.6 Å². The maximum Gasteiger partial charge on any atom is 0.251 e. The number of carbonyl (C=O) groups is 1. The van der Waals surface area contributed by atoms with Crippen molar-refractivity contribution in [3.63, 3.8) is 0 Å². The molecule has 6 nitrogen and oxygen atoms in total. The maximum atomic E-state index is 12.5. The summed E-state index contributed by atoms with van der Waals surface area (Å²) in [6.07, 6.45) is 2.95. The second kappa shape index (κ2) is 10.5. The van der Waals surface area contributed by atoms with Crippen LogP contribution in [0.4, 0.5) is 0 Å². The van der Waals surface area contributed by atoms with E-state index in [0.29, 0.717) is 23.0 Å². The van der Waals surface area contributed by atoms with Crippen LogP contribution in [0.5, 0.6) is 11.5 Å². The highest BCUT2D eigenvalue weighted by molar-refractivity contribution is 7.11. The van der Waals surface area contributed by atoms with E-state index in [-0.39, 0.29) is 5.91 Å². The highest BCUT2D eigenvalue weighted by Gasteiger charge is 2.26. The van der Waals surface area contributed by atoms with E-state index >= 15 is 0 Å². The lowest BCUT2D eigenvalue weighted by Gasteiger charge is -2.17. The zero-order chi connectivity index (χ0) is 23.4. The number of benzene rings is 2. The molecular weight excluding hydrogens is 458 g/mol. The van der Waals surface area contributed by atoms with Crippen LogP contribution in [0.25, 0.3) is 0 Å². The van der Waals surface area contributed by atoms with Crippen LogP contribution in [-0.4, -0.2) is 43.1 Å². The van der Waals surface area contributed by atoms with Crippen molar-refractivity contribution < 1.29 is 14.3 Å². The smallest absolute Gasteiger partial charge is 0.251 e. The molecule has 0 bridgehead atoms. The predicted octanol–water partition coefficient (Wildman–Crippen LogP) is 5.04. The van der Waals surface area contributed by atoms with Crippen molar-refractivity contribution >= 4 is 28.8 Å². The van der Waals surface area contributed by atoms with Gasteiger partial charge in [-0.05, 0) is 55.3 Å². The summed E-state index contributed by atoms with van der Waals surface area (Å²) in [6, 6.07) is 11.5. The van der Waals surface area contributed by atoms with Crippen molar-refractivity contribution in [3.05, 3.63) is 74.2 Å². The molecule has 3 aromatic rings. The standard InChI is InChI=1S/C25H28ClN3O3S/c1-16-20(5-4-6-21(16)26)24(30)27-12-19-13-28-25(33-19)18-9-10-29(15-18)14-17-7-8-22(31-2)23(11-17)32-3/h4-8,11,13,18H,9-10,12,14-15H2,1-3H3,(H,27,30). The Balaban J connectivity index is 1.32. The Morgan fingerprint density at radius 2 is 2.06 bits per heavy atom. The lowest BCUT2D eigenvalue weighted by molar-refractivity contribution is 0.0950. The minimum Gasteiger partial charge on any atom is -0.493 e. The molecule has 0 aliphatic carbocycles. The largest absolute Gasteiger partial charge is 0.493 e. The third-order valence-electron chi connectivity index (χ3n) is 5.98. The van der Waals surface area contributed by atoms with E-state index < -0.39 is 0 Å². The van der Waals surface area contributed by atoms with Crippen LogP contribution in [-0.2, 0) is 13.1 Å². The van der Waals surface area contributed by atoms with E-state index in [0.717, 1.165) is 53.0 Å². The minimum absolute atomic E-state index is 0.119. The molecule has 2 heterocycles. The SMILES string of the molecule is COc1ccc(CN2CCC(c3ncc(CNC(=O)c4cccc(Cl)c4C)s3)C2)cc1OC. The normalized spacial score (nSPS) is 16.1. The summed E-state index contributed by atoms with van der Waals surface area (Å²) >= 11 is 7.82. The zero-order valence-electron chi connectivity index (χ0n) is 19.1. The fourth-order valence-corrected chi connectivity index (χ4v) is 5.28. The Labute approximate surface area is 203 Å². The Morgan fingerprint density at radius 1 is 1.24 bits per heavy atom. The predicted molar refractivity (Wildman–Crippen MR) is 132 cm³/mol. The van der Waals surface area contributed by atoms with Gasteiger partial charge in [-0.2, -0.15) is 0 Å². The van der Waals surface area contributed by atoms with Gasteiger partial charge in [-0.1, -0.05) is 23.7 Å². The van der Waals surface area contributed by atoms with Gasteiger partial charge in [0, 0.05) is 40.7 Å². The number of aromatic nitrogens is 1. The second-order valence-corrected chi connectivity index (χ2v) is 9.72. The van der Waals surface area contributed by atoms with Gasteiger partial charge in [-0.25, -0.2) is 4.98 Å². The average Bonchev–Trinajstić information content (AvgIpc) is 3.48. The Kier molecular flexibility index (Phi) is 7.53. The molecule has 8 heteroatoms. The number of carbonyl (C=O) groups excluding carboxylic acids is 1. The van der Waals surface area contributed by atoms with Crippen molar-refractivity contribution in [2.45, 2.75) is 32.4 Å². The first-order chi connectivity index (χ1) is 16.0. The van der Waals surface area contributed by atoms with E-state index in [1.807, 2.05) is 25.3 Å². The summed E-state index contributed by atoms with van der Waals surface area (Å²) < 4.78 is 10.8. The van der Waals surface area contributed by atoms with Gasteiger partial charge in [-0.3, -0.25) is 9.69 Å². The number of methoxy groups -OCH3 is 2. The number of hydrogen-bond donors (Lipinski definition) is 1. The molecule has 0 saturated carbocycles. The average molecular weight is 486 g/mol. The van der Waals surface area contributed by atoms with Crippen LogP contribution < -0.4 is 14.8 Å². The first-order valence-corrected chi connectivity index (χ1v) is 12.1. The van der Waals surface area contributed by atoms with Gasteiger partial charge in [0.1, 0.15) is 0 Å². The van der Waals surface area contributed by atoms with E-state index in [9.17, 15) is 4.79 Å². The molecule has 0 radical (unpaired) electrons. The molecule has 1 atom stereocenters. The van der Waals surface area contributed by atoms with Crippen LogP contribution in [0, 0.1) is 6.92 Å². The van der Waals surface area contributed by atoms with Crippen LogP contribution in [0.3, 0.4) is 0 Å². The monoisotopic (exact) mass is 485 g/mol. The van der Waals surface area contributed by atoms with E-state index in [1.54, 1.807) is 43.8 Å².